The monoisotopic (exact) mass is 269 g/mol. The second-order valence-corrected chi connectivity index (χ2v) is 5.50. The first kappa shape index (κ1) is 12.7. The molecule has 0 aromatic heterocycles. The molecule has 0 unspecified atom stereocenters. The number of anilines is 2. The maximum atomic E-state index is 12.3. The predicted molar refractivity (Wildman–Crippen MR) is 74.2 cm³/mol. The summed E-state index contributed by atoms with van der Waals surface area (Å²) in [6.45, 7) is 0. The largest absolute Gasteiger partial charge is 0.315 e. The van der Waals surface area contributed by atoms with Crippen LogP contribution in [0.5, 0.6) is 0 Å². The molecule has 0 atom stereocenters. The average Bonchev–Trinajstić information content (AvgIpc) is 3.20. The number of hydrogen-bond acceptors (Lipinski definition) is 3. The number of amides is 2. The van der Waals surface area contributed by atoms with Gasteiger partial charge >= 0.3 is 0 Å². The van der Waals surface area contributed by atoms with E-state index in [9.17, 15) is 9.59 Å². The number of carbonyl (C=O) groups is 2. The van der Waals surface area contributed by atoms with Crippen molar-refractivity contribution in [3.8, 4) is 6.07 Å². The second kappa shape index (κ2) is 4.07. The van der Waals surface area contributed by atoms with Gasteiger partial charge in [0.25, 0.3) is 0 Å². The fraction of sp³-hybridized carbons (Fsp3) is 0.400. The minimum atomic E-state index is -0.819. The molecule has 0 N–H and O–H groups in total. The predicted octanol–water partition coefficient (Wildman–Crippen LogP) is 1.47. The zero-order valence-electron chi connectivity index (χ0n) is 11.5. The standard InChI is InChI=1S/C15H15N3O2/c1-17(14(20)15(9-16)5-6-15)11-3-4-12-10(7-11)8-13(19)18(12)2/h3-4,7H,5-6,8H2,1-2H3. The van der Waals surface area contributed by atoms with Gasteiger partial charge in [0.1, 0.15) is 5.41 Å². The summed E-state index contributed by atoms with van der Waals surface area (Å²) in [6.07, 6.45) is 1.64. The summed E-state index contributed by atoms with van der Waals surface area (Å²) in [5.74, 6) is -0.0977. The van der Waals surface area contributed by atoms with Crippen LogP contribution in [0.1, 0.15) is 18.4 Å². The molecule has 1 fully saturated rings. The van der Waals surface area contributed by atoms with Gasteiger partial charge in [-0.05, 0) is 36.6 Å². The lowest BCUT2D eigenvalue weighted by molar-refractivity contribution is -0.121. The van der Waals surface area contributed by atoms with Crippen LogP contribution in [-0.4, -0.2) is 25.9 Å². The number of carbonyl (C=O) groups excluding carboxylic acids is 2. The maximum Gasteiger partial charge on any atom is 0.247 e. The van der Waals surface area contributed by atoms with Crippen molar-refractivity contribution in [1.29, 1.82) is 5.26 Å². The first-order valence-electron chi connectivity index (χ1n) is 6.57. The summed E-state index contributed by atoms with van der Waals surface area (Å²) in [5.41, 5.74) is 1.73. The van der Waals surface area contributed by atoms with Gasteiger partial charge in [-0.25, -0.2) is 0 Å². The third-order valence-electron chi connectivity index (χ3n) is 4.21. The van der Waals surface area contributed by atoms with E-state index in [-0.39, 0.29) is 11.8 Å². The Hall–Kier alpha value is -2.35. The lowest BCUT2D eigenvalue weighted by atomic mass is 10.1. The molecule has 0 spiro atoms. The minimum absolute atomic E-state index is 0.0572. The first-order chi connectivity index (χ1) is 9.48. The van der Waals surface area contributed by atoms with Crippen molar-refractivity contribution in [1.82, 2.24) is 0 Å². The van der Waals surface area contributed by atoms with Gasteiger partial charge in [0.2, 0.25) is 11.8 Å². The molecule has 20 heavy (non-hydrogen) atoms. The van der Waals surface area contributed by atoms with Crippen molar-refractivity contribution in [2.24, 2.45) is 5.41 Å². The number of nitriles is 1. The lowest BCUT2D eigenvalue weighted by Crippen LogP contribution is -2.33. The van der Waals surface area contributed by atoms with E-state index in [1.165, 1.54) is 4.90 Å². The smallest absolute Gasteiger partial charge is 0.247 e. The van der Waals surface area contributed by atoms with Crippen molar-refractivity contribution in [2.45, 2.75) is 19.3 Å². The van der Waals surface area contributed by atoms with Crippen LogP contribution in [0, 0.1) is 16.7 Å². The average molecular weight is 269 g/mol. The van der Waals surface area contributed by atoms with Crippen LogP contribution in [0.15, 0.2) is 18.2 Å². The molecule has 2 amide bonds. The van der Waals surface area contributed by atoms with Gasteiger partial charge in [-0.3, -0.25) is 9.59 Å². The Kier molecular flexibility index (Phi) is 2.58. The zero-order valence-corrected chi connectivity index (χ0v) is 11.5. The normalized spacial score (nSPS) is 18.4. The molecule has 1 aliphatic heterocycles. The lowest BCUT2D eigenvalue weighted by Gasteiger charge is -2.21. The van der Waals surface area contributed by atoms with Crippen LogP contribution in [-0.2, 0) is 16.0 Å². The van der Waals surface area contributed by atoms with E-state index in [1.54, 1.807) is 19.0 Å². The molecule has 1 aliphatic carbocycles. The Morgan fingerprint density at radius 1 is 1.45 bits per heavy atom. The molecule has 1 saturated carbocycles. The molecule has 5 heteroatoms. The van der Waals surface area contributed by atoms with E-state index in [0.29, 0.717) is 19.3 Å². The summed E-state index contributed by atoms with van der Waals surface area (Å²) in [4.78, 5) is 27.1. The Morgan fingerprint density at radius 3 is 2.75 bits per heavy atom. The first-order valence-corrected chi connectivity index (χ1v) is 6.57. The van der Waals surface area contributed by atoms with Gasteiger partial charge in [-0.1, -0.05) is 0 Å². The van der Waals surface area contributed by atoms with Gasteiger partial charge in [-0.2, -0.15) is 5.26 Å². The molecule has 1 aromatic rings. The Balaban J connectivity index is 1.90. The number of nitrogens with zero attached hydrogens (tertiary/aromatic N) is 3. The van der Waals surface area contributed by atoms with Crippen LogP contribution >= 0.6 is 0 Å². The van der Waals surface area contributed by atoms with Crippen LogP contribution in [0.2, 0.25) is 0 Å². The summed E-state index contributed by atoms with van der Waals surface area (Å²) in [7, 11) is 3.43. The van der Waals surface area contributed by atoms with E-state index in [0.717, 1.165) is 16.9 Å². The molecule has 102 valence electrons. The topological polar surface area (TPSA) is 64.4 Å². The molecule has 1 heterocycles. The summed E-state index contributed by atoms with van der Waals surface area (Å²) in [5, 5.41) is 9.10. The second-order valence-electron chi connectivity index (χ2n) is 5.50. The highest BCUT2D eigenvalue weighted by atomic mass is 16.2. The Labute approximate surface area is 117 Å². The van der Waals surface area contributed by atoms with Crippen molar-refractivity contribution >= 4 is 23.2 Å². The quantitative estimate of drug-likeness (QED) is 0.816. The molecular weight excluding hydrogens is 254 g/mol. The van der Waals surface area contributed by atoms with E-state index in [2.05, 4.69) is 6.07 Å². The molecular formula is C15H15N3O2. The SMILES string of the molecule is CN(C(=O)C1(C#N)CC1)c1ccc2c(c1)CC(=O)N2C. The van der Waals surface area contributed by atoms with Crippen molar-refractivity contribution in [2.75, 3.05) is 23.9 Å². The molecule has 1 aromatic carbocycles. The van der Waals surface area contributed by atoms with Crippen molar-refractivity contribution in [3.63, 3.8) is 0 Å². The molecule has 0 bridgehead atoms. The van der Waals surface area contributed by atoms with Gasteiger partial charge < -0.3 is 9.80 Å². The van der Waals surface area contributed by atoms with E-state index >= 15 is 0 Å². The van der Waals surface area contributed by atoms with Crippen LogP contribution in [0.25, 0.3) is 0 Å². The summed E-state index contributed by atoms with van der Waals surface area (Å²) < 4.78 is 0. The maximum absolute atomic E-state index is 12.3. The number of benzene rings is 1. The van der Waals surface area contributed by atoms with E-state index in [1.807, 2.05) is 18.2 Å². The van der Waals surface area contributed by atoms with E-state index in [4.69, 9.17) is 5.26 Å². The van der Waals surface area contributed by atoms with Crippen LogP contribution in [0.3, 0.4) is 0 Å². The van der Waals surface area contributed by atoms with Gasteiger partial charge in [0, 0.05) is 25.5 Å². The minimum Gasteiger partial charge on any atom is -0.315 e. The number of hydrogen-bond donors (Lipinski definition) is 0. The van der Waals surface area contributed by atoms with Crippen LogP contribution < -0.4 is 9.80 Å². The molecule has 3 rings (SSSR count). The van der Waals surface area contributed by atoms with Crippen molar-refractivity contribution < 1.29 is 9.59 Å². The van der Waals surface area contributed by atoms with Crippen molar-refractivity contribution in [3.05, 3.63) is 23.8 Å². The Bertz CT molecular complexity index is 656. The number of fused-ring (bicyclic) bond motifs is 1. The Morgan fingerprint density at radius 2 is 2.15 bits per heavy atom. The highest BCUT2D eigenvalue weighted by Gasteiger charge is 2.52. The zero-order chi connectivity index (χ0) is 14.5. The summed E-state index contributed by atoms with van der Waals surface area (Å²) in [6, 6.07) is 7.65. The third kappa shape index (κ3) is 1.68. The number of rotatable bonds is 2. The molecule has 0 radical (unpaired) electrons. The number of likely N-dealkylation sites (N-methyl/N-ethyl adjacent to an activating group) is 1. The fourth-order valence-electron chi connectivity index (χ4n) is 2.60. The van der Waals surface area contributed by atoms with Gasteiger partial charge in [0.15, 0.2) is 0 Å². The fourth-order valence-corrected chi connectivity index (χ4v) is 2.60. The molecule has 5 nitrogen and oxygen atoms in total. The molecule has 0 saturated heterocycles. The van der Waals surface area contributed by atoms with Crippen LogP contribution in [0.4, 0.5) is 11.4 Å². The third-order valence-corrected chi connectivity index (χ3v) is 4.21. The highest BCUT2D eigenvalue weighted by Crippen LogP contribution is 2.47. The van der Waals surface area contributed by atoms with Gasteiger partial charge in [-0.15, -0.1) is 0 Å². The highest BCUT2D eigenvalue weighted by molar-refractivity contribution is 6.03. The van der Waals surface area contributed by atoms with E-state index < -0.39 is 5.41 Å². The van der Waals surface area contributed by atoms with Gasteiger partial charge in [0.05, 0.1) is 12.5 Å². The molecule has 2 aliphatic rings. The summed E-state index contributed by atoms with van der Waals surface area (Å²) >= 11 is 0.